The average molecular weight is 508 g/mol. The number of methoxy groups -OCH3 is 1. The van der Waals surface area contributed by atoms with E-state index < -0.39 is 5.56 Å². The van der Waals surface area contributed by atoms with Gasteiger partial charge in [0.15, 0.2) is 11.2 Å². The van der Waals surface area contributed by atoms with Crippen LogP contribution in [0.1, 0.15) is 70.4 Å². The van der Waals surface area contributed by atoms with Gasteiger partial charge < -0.3 is 4.74 Å². The van der Waals surface area contributed by atoms with Crippen molar-refractivity contribution in [2.24, 2.45) is 0 Å². The fourth-order valence-corrected chi connectivity index (χ4v) is 4.80. The quantitative estimate of drug-likeness (QED) is 0.289. The van der Waals surface area contributed by atoms with Crippen LogP contribution in [0.3, 0.4) is 0 Å². The van der Waals surface area contributed by atoms with Gasteiger partial charge >= 0.3 is 5.69 Å². The third-order valence-electron chi connectivity index (χ3n) is 6.84. The first kappa shape index (κ1) is 26.4. The van der Waals surface area contributed by atoms with Gasteiger partial charge in [-0.15, -0.1) is 0 Å². The molecule has 0 unspecified atom stereocenters. The highest BCUT2D eigenvalue weighted by molar-refractivity contribution is 5.76. The Morgan fingerprint density at radius 3 is 2.08 bits per heavy atom. The van der Waals surface area contributed by atoms with Crippen molar-refractivity contribution in [2.75, 3.05) is 7.11 Å². The molecule has 0 fully saturated rings. The van der Waals surface area contributed by atoms with Crippen LogP contribution in [0.2, 0.25) is 0 Å². The molecule has 0 aliphatic carbocycles. The highest BCUT2D eigenvalue weighted by Gasteiger charge is 2.26. The SMILES string of the molecule is CCCCc1c(OC)n2c3c(=O)n(CCCC)c(=O)n(CCCC)c3nc2n(Cc2ccccc2)c1=O. The fraction of sp³-hybridized carbons (Fsp3) is 0.500. The third kappa shape index (κ3) is 4.86. The summed E-state index contributed by atoms with van der Waals surface area (Å²) >= 11 is 0. The van der Waals surface area contributed by atoms with Crippen LogP contribution in [0.4, 0.5) is 0 Å². The molecule has 0 bridgehead atoms. The maximum atomic E-state index is 13.9. The minimum absolute atomic E-state index is 0.189. The van der Waals surface area contributed by atoms with Crippen LogP contribution in [-0.4, -0.2) is 30.2 Å². The first-order valence-electron chi connectivity index (χ1n) is 13.4. The number of fused-ring (bicyclic) bond motifs is 3. The van der Waals surface area contributed by atoms with Gasteiger partial charge in [-0.2, -0.15) is 4.98 Å². The smallest absolute Gasteiger partial charge is 0.332 e. The lowest BCUT2D eigenvalue weighted by molar-refractivity contribution is 0.383. The third-order valence-corrected chi connectivity index (χ3v) is 6.84. The molecule has 0 N–H and O–H groups in total. The fourth-order valence-electron chi connectivity index (χ4n) is 4.80. The highest BCUT2D eigenvalue weighted by Crippen LogP contribution is 2.24. The maximum Gasteiger partial charge on any atom is 0.332 e. The first-order valence-corrected chi connectivity index (χ1v) is 13.4. The van der Waals surface area contributed by atoms with E-state index in [1.165, 1.54) is 11.7 Å². The molecule has 0 aliphatic heterocycles. The van der Waals surface area contributed by atoms with Gasteiger partial charge in [0.1, 0.15) is 0 Å². The topological polar surface area (TPSA) is 92.5 Å². The number of aromatic nitrogens is 5. The van der Waals surface area contributed by atoms with Gasteiger partial charge in [-0.05, 0) is 31.2 Å². The predicted molar refractivity (Wildman–Crippen MR) is 146 cm³/mol. The lowest BCUT2D eigenvalue weighted by Crippen LogP contribution is -2.40. The molecular formula is C28H37N5O4. The summed E-state index contributed by atoms with van der Waals surface area (Å²) in [4.78, 5) is 46.0. The number of imidazole rings is 1. The number of hydrogen-bond acceptors (Lipinski definition) is 5. The number of hydrogen-bond donors (Lipinski definition) is 0. The Kier molecular flexibility index (Phi) is 8.31. The number of nitrogens with zero attached hydrogens (tertiary/aromatic N) is 5. The van der Waals surface area contributed by atoms with Gasteiger partial charge in [0.05, 0.1) is 19.2 Å². The van der Waals surface area contributed by atoms with Gasteiger partial charge in [-0.25, -0.2) is 9.20 Å². The number of unbranched alkanes of at least 4 members (excludes halogenated alkanes) is 3. The van der Waals surface area contributed by atoms with E-state index in [2.05, 4.69) is 13.8 Å². The standard InChI is InChI=1S/C28H37N5O4/c1-5-8-16-21-24(34)32(19-20-14-12-11-13-15-20)27-29-23-22(33(27)26(21)37-4)25(35)31(18-10-7-3)28(36)30(23)17-9-6-2/h11-15H,5-10,16-19H2,1-4H3. The highest BCUT2D eigenvalue weighted by atomic mass is 16.5. The van der Waals surface area contributed by atoms with Crippen molar-refractivity contribution in [3.05, 3.63) is 72.7 Å². The molecule has 0 aliphatic rings. The number of aryl methyl sites for hydroxylation is 1. The summed E-state index contributed by atoms with van der Waals surface area (Å²) in [6.45, 7) is 7.21. The lowest BCUT2D eigenvalue weighted by Gasteiger charge is -2.16. The average Bonchev–Trinajstić information content (AvgIpc) is 3.30. The second kappa shape index (κ2) is 11.6. The van der Waals surface area contributed by atoms with Crippen molar-refractivity contribution >= 4 is 16.9 Å². The minimum atomic E-state index is -0.404. The van der Waals surface area contributed by atoms with E-state index in [0.29, 0.717) is 55.3 Å². The van der Waals surface area contributed by atoms with Crippen LogP contribution in [0.15, 0.2) is 44.7 Å². The summed E-state index contributed by atoms with van der Waals surface area (Å²) in [6, 6.07) is 9.69. The zero-order chi connectivity index (χ0) is 26.5. The van der Waals surface area contributed by atoms with Crippen molar-refractivity contribution in [3.63, 3.8) is 0 Å². The Labute approximate surface area is 216 Å². The molecule has 4 aromatic rings. The van der Waals surface area contributed by atoms with Gasteiger partial charge in [0.25, 0.3) is 11.1 Å². The summed E-state index contributed by atoms with van der Waals surface area (Å²) in [5.41, 5.74) is 1.07. The molecular weight excluding hydrogens is 470 g/mol. The van der Waals surface area contributed by atoms with Gasteiger partial charge in [0, 0.05) is 13.1 Å². The largest absolute Gasteiger partial charge is 0.482 e. The molecule has 3 aromatic heterocycles. The van der Waals surface area contributed by atoms with E-state index in [0.717, 1.165) is 37.7 Å². The van der Waals surface area contributed by atoms with Crippen LogP contribution in [-0.2, 0) is 26.1 Å². The van der Waals surface area contributed by atoms with Crippen LogP contribution >= 0.6 is 0 Å². The van der Waals surface area contributed by atoms with E-state index in [1.54, 1.807) is 13.5 Å². The summed E-state index contributed by atoms with van der Waals surface area (Å²) in [6.07, 6.45) is 5.45. The Morgan fingerprint density at radius 2 is 1.46 bits per heavy atom. The Hall–Kier alpha value is -3.62. The van der Waals surface area contributed by atoms with Gasteiger partial charge in [-0.3, -0.25) is 23.3 Å². The van der Waals surface area contributed by atoms with Crippen molar-refractivity contribution in [1.29, 1.82) is 0 Å². The monoisotopic (exact) mass is 507 g/mol. The molecule has 0 radical (unpaired) electrons. The molecule has 1 aromatic carbocycles. The molecule has 37 heavy (non-hydrogen) atoms. The van der Waals surface area contributed by atoms with Crippen molar-refractivity contribution in [2.45, 2.75) is 85.4 Å². The molecule has 9 nitrogen and oxygen atoms in total. The molecule has 0 saturated carbocycles. The molecule has 3 heterocycles. The molecule has 198 valence electrons. The second-order valence-electron chi connectivity index (χ2n) is 9.49. The molecule has 4 rings (SSSR count). The second-order valence-corrected chi connectivity index (χ2v) is 9.49. The Balaban J connectivity index is 2.17. The number of benzene rings is 1. The van der Waals surface area contributed by atoms with Gasteiger partial charge in [0.2, 0.25) is 11.7 Å². The summed E-state index contributed by atoms with van der Waals surface area (Å²) < 4.78 is 12.0. The zero-order valence-corrected chi connectivity index (χ0v) is 22.3. The lowest BCUT2D eigenvalue weighted by atomic mass is 10.1. The molecule has 0 spiro atoms. The molecule has 0 amide bonds. The van der Waals surface area contributed by atoms with Crippen LogP contribution in [0.5, 0.6) is 5.88 Å². The van der Waals surface area contributed by atoms with E-state index in [1.807, 2.05) is 37.3 Å². The van der Waals surface area contributed by atoms with Crippen molar-refractivity contribution in [1.82, 2.24) is 23.1 Å². The van der Waals surface area contributed by atoms with E-state index >= 15 is 0 Å². The zero-order valence-electron chi connectivity index (χ0n) is 22.3. The van der Waals surface area contributed by atoms with E-state index in [-0.39, 0.29) is 16.8 Å². The van der Waals surface area contributed by atoms with Crippen LogP contribution in [0.25, 0.3) is 16.9 Å². The summed E-state index contributed by atoms with van der Waals surface area (Å²) in [5.74, 6) is 0.621. The van der Waals surface area contributed by atoms with Gasteiger partial charge in [-0.1, -0.05) is 70.4 Å². The predicted octanol–water partition coefficient (Wildman–Crippen LogP) is 3.97. The normalized spacial score (nSPS) is 11.6. The summed E-state index contributed by atoms with van der Waals surface area (Å²) in [7, 11) is 1.51. The number of rotatable bonds is 12. The van der Waals surface area contributed by atoms with E-state index in [4.69, 9.17) is 9.72 Å². The summed E-state index contributed by atoms with van der Waals surface area (Å²) in [5, 5.41) is 0. The van der Waals surface area contributed by atoms with E-state index in [9.17, 15) is 14.4 Å². The first-order chi connectivity index (χ1) is 18.0. The molecule has 9 heteroatoms. The molecule has 0 saturated heterocycles. The minimum Gasteiger partial charge on any atom is -0.482 e. The van der Waals surface area contributed by atoms with Crippen LogP contribution in [0, 0.1) is 0 Å². The van der Waals surface area contributed by atoms with Crippen LogP contribution < -0.4 is 21.5 Å². The Morgan fingerprint density at radius 1 is 0.811 bits per heavy atom. The maximum absolute atomic E-state index is 13.9. The Bertz CT molecular complexity index is 1560. The van der Waals surface area contributed by atoms with Crippen molar-refractivity contribution < 1.29 is 4.74 Å². The van der Waals surface area contributed by atoms with Crippen molar-refractivity contribution in [3.8, 4) is 5.88 Å². The molecule has 0 atom stereocenters. The number of ether oxygens (including phenoxy) is 1.